The molecule has 0 aliphatic carbocycles. The van der Waals surface area contributed by atoms with E-state index in [2.05, 4.69) is 31.4 Å². The molecule has 0 unspecified atom stereocenters. The highest BCUT2D eigenvalue weighted by Crippen LogP contribution is 2.15. The Morgan fingerprint density at radius 1 is 1.21 bits per heavy atom. The van der Waals surface area contributed by atoms with Crippen LogP contribution in [0.25, 0.3) is 0 Å². The minimum atomic E-state index is -0.389. The third-order valence-electron chi connectivity index (χ3n) is 4.39. The van der Waals surface area contributed by atoms with Crippen LogP contribution < -0.4 is 10.2 Å². The Hall–Kier alpha value is -2.16. The minimum absolute atomic E-state index is 0.204. The van der Waals surface area contributed by atoms with Crippen molar-refractivity contribution in [3.63, 3.8) is 0 Å². The molecule has 1 aromatic heterocycles. The minimum Gasteiger partial charge on any atom is -0.492 e. The van der Waals surface area contributed by atoms with Crippen molar-refractivity contribution in [3.8, 4) is 5.75 Å². The van der Waals surface area contributed by atoms with Crippen LogP contribution in [0.2, 0.25) is 0 Å². The number of hydrogen-bond acceptors (Lipinski definition) is 6. The Morgan fingerprint density at radius 2 is 1.96 bits per heavy atom. The number of furan rings is 1. The van der Waals surface area contributed by atoms with Crippen LogP contribution in [0.3, 0.4) is 0 Å². The summed E-state index contributed by atoms with van der Waals surface area (Å²) < 4.78 is 16.9. The van der Waals surface area contributed by atoms with Gasteiger partial charge in [-0.05, 0) is 64.3 Å². The van der Waals surface area contributed by atoms with Crippen LogP contribution in [0.4, 0.5) is 0 Å². The van der Waals surface area contributed by atoms with E-state index in [1.54, 1.807) is 12.1 Å². The molecule has 1 aliphatic rings. The number of halogens is 1. The van der Waals surface area contributed by atoms with Gasteiger partial charge in [0.25, 0.3) is 0 Å². The number of carbonyl (C=O) groups is 1. The smallest absolute Gasteiger partial charge is 0.307 e. The van der Waals surface area contributed by atoms with E-state index in [4.69, 9.17) is 13.9 Å². The molecule has 2 aromatic rings. The quantitative estimate of drug-likeness (QED) is 0.494. The van der Waals surface area contributed by atoms with Gasteiger partial charge in [-0.3, -0.25) is 9.69 Å². The third kappa shape index (κ3) is 5.92. The molecule has 0 spiro atoms. The predicted octanol–water partition coefficient (Wildman–Crippen LogP) is 3.30. The van der Waals surface area contributed by atoms with Gasteiger partial charge in [-0.2, -0.15) is 5.10 Å². The number of ether oxygens (including phenoxy) is 2. The lowest BCUT2D eigenvalue weighted by Crippen LogP contribution is -2.38. The Bertz CT molecular complexity index is 798. The first kappa shape index (κ1) is 20.6. The number of carbonyl (C=O) groups excluding carboxylic acids is 1. The van der Waals surface area contributed by atoms with Gasteiger partial charge in [-0.15, -0.1) is 0 Å². The number of nitrogens with zero attached hydrogens (tertiary/aromatic N) is 2. The molecule has 0 saturated carbocycles. The summed E-state index contributed by atoms with van der Waals surface area (Å²) in [7, 11) is 0. The van der Waals surface area contributed by atoms with Crippen molar-refractivity contribution < 1.29 is 18.7 Å². The first-order chi connectivity index (χ1) is 13.7. The van der Waals surface area contributed by atoms with Crippen LogP contribution in [-0.2, 0) is 4.74 Å². The Morgan fingerprint density at radius 3 is 2.61 bits per heavy atom. The third-order valence-corrected chi connectivity index (χ3v) is 4.82. The van der Waals surface area contributed by atoms with Gasteiger partial charge in [0.2, 0.25) is 0 Å². The Kier molecular flexibility index (Phi) is 7.64. The molecule has 1 aromatic carbocycles. The fourth-order valence-corrected chi connectivity index (χ4v) is 3.12. The second-order valence-electron chi connectivity index (χ2n) is 6.28. The molecule has 1 amide bonds. The zero-order valence-corrected chi connectivity index (χ0v) is 17.4. The SMILES string of the molecule is CCC(=NNC(=O)c1ccc(Br)o1)c1ccc(OCCN2CCOCC2)cc1. The van der Waals surface area contributed by atoms with Crippen LogP contribution in [0.15, 0.2) is 50.6 Å². The molecule has 150 valence electrons. The van der Waals surface area contributed by atoms with Crippen LogP contribution >= 0.6 is 15.9 Å². The number of morpholine rings is 1. The van der Waals surface area contributed by atoms with Gasteiger partial charge in [0.15, 0.2) is 10.4 Å². The molecular weight excluding hydrogens is 426 g/mol. The lowest BCUT2D eigenvalue weighted by molar-refractivity contribution is 0.0322. The second-order valence-corrected chi connectivity index (χ2v) is 7.07. The maximum atomic E-state index is 12.0. The fraction of sp³-hybridized carbons (Fsp3) is 0.400. The normalized spacial score (nSPS) is 15.4. The largest absolute Gasteiger partial charge is 0.492 e. The van der Waals surface area contributed by atoms with Gasteiger partial charge < -0.3 is 13.9 Å². The highest BCUT2D eigenvalue weighted by atomic mass is 79.9. The Balaban J connectivity index is 1.52. The zero-order chi connectivity index (χ0) is 19.8. The van der Waals surface area contributed by atoms with Crippen molar-refractivity contribution in [2.75, 3.05) is 39.5 Å². The molecule has 0 bridgehead atoms. The monoisotopic (exact) mass is 449 g/mol. The van der Waals surface area contributed by atoms with Gasteiger partial charge in [-0.1, -0.05) is 6.92 Å². The number of benzene rings is 1. The molecule has 1 fully saturated rings. The van der Waals surface area contributed by atoms with E-state index in [0.29, 0.717) is 17.7 Å². The maximum Gasteiger partial charge on any atom is 0.307 e. The van der Waals surface area contributed by atoms with E-state index in [-0.39, 0.29) is 11.7 Å². The molecular formula is C20H24BrN3O4. The number of hydrazone groups is 1. The van der Waals surface area contributed by atoms with Crippen LogP contribution in [0.5, 0.6) is 5.75 Å². The number of amides is 1. The molecule has 28 heavy (non-hydrogen) atoms. The first-order valence-corrected chi connectivity index (χ1v) is 10.1. The van der Waals surface area contributed by atoms with E-state index in [1.807, 2.05) is 31.2 Å². The topological polar surface area (TPSA) is 76.3 Å². The van der Waals surface area contributed by atoms with Crippen LogP contribution in [0.1, 0.15) is 29.5 Å². The molecule has 0 radical (unpaired) electrons. The summed E-state index contributed by atoms with van der Waals surface area (Å²) in [6, 6.07) is 11.0. The van der Waals surface area contributed by atoms with E-state index in [0.717, 1.165) is 49.9 Å². The maximum absolute atomic E-state index is 12.0. The molecule has 0 atom stereocenters. The molecule has 1 saturated heterocycles. The fourth-order valence-electron chi connectivity index (χ4n) is 2.82. The summed E-state index contributed by atoms with van der Waals surface area (Å²) in [6.07, 6.45) is 0.680. The van der Waals surface area contributed by atoms with Crippen molar-refractivity contribution in [2.24, 2.45) is 5.10 Å². The van der Waals surface area contributed by atoms with Gasteiger partial charge >= 0.3 is 5.91 Å². The molecule has 3 rings (SSSR count). The van der Waals surface area contributed by atoms with E-state index >= 15 is 0 Å². The predicted molar refractivity (Wildman–Crippen MR) is 110 cm³/mol. The average Bonchev–Trinajstić information content (AvgIpc) is 3.16. The van der Waals surface area contributed by atoms with Crippen molar-refractivity contribution in [1.29, 1.82) is 0 Å². The molecule has 7 nitrogen and oxygen atoms in total. The van der Waals surface area contributed by atoms with Crippen LogP contribution in [-0.4, -0.2) is 56.0 Å². The van der Waals surface area contributed by atoms with Crippen molar-refractivity contribution >= 4 is 27.5 Å². The highest BCUT2D eigenvalue weighted by Gasteiger charge is 2.11. The average molecular weight is 450 g/mol. The number of hydrogen-bond donors (Lipinski definition) is 1. The molecule has 2 heterocycles. The van der Waals surface area contributed by atoms with E-state index in [9.17, 15) is 4.79 Å². The number of rotatable bonds is 8. The first-order valence-electron chi connectivity index (χ1n) is 9.31. The second kappa shape index (κ2) is 10.4. The summed E-state index contributed by atoms with van der Waals surface area (Å²) in [5, 5.41) is 4.23. The summed E-state index contributed by atoms with van der Waals surface area (Å²) in [6.45, 7) is 7.02. The highest BCUT2D eigenvalue weighted by molar-refractivity contribution is 9.10. The molecule has 1 N–H and O–H groups in total. The van der Waals surface area contributed by atoms with Crippen molar-refractivity contribution in [2.45, 2.75) is 13.3 Å². The van der Waals surface area contributed by atoms with Gasteiger partial charge in [0.05, 0.1) is 18.9 Å². The van der Waals surface area contributed by atoms with E-state index in [1.165, 1.54) is 0 Å². The van der Waals surface area contributed by atoms with Gasteiger partial charge in [0, 0.05) is 19.6 Å². The van der Waals surface area contributed by atoms with E-state index < -0.39 is 0 Å². The lowest BCUT2D eigenvalue weighted by Gasteiger charge is -2.26. The van der Waals surface area contributed by atoms with Gasteiger partial charge in [-0.25, -0.2) is 5.43 Å². The standard InChI is InChI=1S/C20H24BrN3O4/c1-2-17(22-23-20(25)18-7-8-19(21)28-18)15-3-5-16(6-4-15)27-14-11-24-9-12-26-13-10-24/h3-8H,2,9-14H2,1H3,(H,23,25). The summed E-state index contributed by atoms with van der Waals surface area (Å²) in [5.74, 6) is 0.631. The lowest BCUT2D eigenvalue weighted by atomic mass is 10.1. The Labute approximate surface area is 172 Å². The zero-order valence-electron chi connectivity index (χ0n) is 15.8. The van der Waals surface area contributed by atoms with Crippen molar-refractivity contribution in [3.05, 3.63) is 52.4 Å². The summed E-state index contributed by atoms with van der Waals surface area (Å²) in [4.78, 5) is 14.4. The van der Waals surface area contributed by atoms with Gasteiger partial charge in [0.1, 0.15) is 12.4 Å². The van der Waals surface area contributed by atoms with Crippen LogP contribution in [0, 0.1) is 0 Å². The summed E-state index contributed by atoms with van der Waals surface area (Å²) in [5.41, 5.74) is 4.25. The summed E-state index contributed by atoms with van der Waals surface area (Å²) >= 11 is 3.18. The molecule has 1 aliphatic heterocycles. The molecule has 8 heteroatoms. The number of nitrogens with one attached hydrogen (secondary N) is 1. The van der Waals surface area contributed by atoms with Crippen molar-refractivity contribution in [1.82, 2.24) is 10.3 Å².